The molecular formula is C5H9OS. The third kappa shape index (κ3) is 1.35. The van der Waals surface area contributed by atoms with E-state index in [-0.39, 0.29) is 0 Å². The van der Waals surface area contributed by atoms with Crippen molar-refractivity contribution >= 4 is 11.8 Å². The van der Waals surface area contributed by atoms with Gasteiger partial charge in [0.15, 0.2) is 0 Å². The Labute approximate surface area is 48.4 Å². The van der Waals surface area contributed by atoms with Crippen molar-refractivity contribution in [3.05, 3.63) is 5.44 Å². The van der Waals surface area contributed by atoms with Gasteiger partial charge in [-0.15, -0.1) is 11.8 Å². The lowest BCUT2D eigenvalue weighted by Crippen LogP contribution is -1.93. The summed E-state index contributed by atoms with van der Waals surface area (Å²) in [6, 6.07) is 0. The molecule has 0 N–H and O–H groups in total. The summed E-state index contributed by atoms with van der Waals surface area (Å²) >= 11 is 1.81. The standard InChI is InChI=1S/C5H9OS/c1-4-3-6-5(2)7-4/h4H,3H2,1-2H3. The average Bonchev–Trinajstić information content (AvgIpc) is 1.87. The van der Waals surface area contributed by atoms with Crippen LogP contribution in [0.3, 0.4) is 0 Å². The molecule has 0 aromatic carbocycles. The van der Waals surface area contributed by atoms with E-state index < -0.39 is 0 Å². The van der Waals surface area contributed by atoms with E-state index in [1.165, 1.54) is 0 Å². The van der Waals surface area contributed by atoms with Crippen LogP contribution in [0.5, 0.6) is 0 Å². The molecule has 1 saturated heterocycles. The van der Waals surface area contributed by atoms with Crippen molar-refractivity contribution in [1.82, 2.24) is 0 Å². The van der Waals surface area contributed by atoms with Crippen molar-refractivity contribution < 1.29 is 4.74 Å². The summed E-state index contributed by atoms with van der Waals surface area (Å²) in [4.78, 5) is 0. The summed E-state index contributed by atoms with van der Waals surface area (Å²) in [5, 5.41) is 0.681. The second-order valence-electron chi connectivity index (χ2n) is 1.73. The Morgan fingerprint density at radius 2 is 2.57 bits per heavy atom. The molecule has 2 heteroatoms. The van der Waals surface area contributed by atoms with Gasteiger partial charge in [-0.2, -0.15) is 0 Å². The molecule has 0 aliphatic carbocycles. The van der Waals surface area contributed by atoms with Gasteiger partial charge < -0.3 is 4.74 Å². The van der Waals surface area contributed by atoms with Crippen LogP contribution in [0.15, 0.2) is 0 Å². The molecule has 1 rings (SSSR count). The minimum Gasteiger partial charge on any atom is -0.359 e. The smallest absolute Gasteiger partial charge is 0.149 e. The SMILES string of the molecule is C[C]1OCC(C)S1. The van der Waals surface area contributed by atoms with Crippen molar-refractivity contribution in [2.45, 2.75) is 19.1 Å². The lowest BCUT2D eigenvalue weighted by atomic mass is 10.5. The van der Waals surface area contributed by atoms with Crippen LogP contribution in [-0.4, -0.2) is 11.9 Å². The molecule has 1 heterocycles. The molecule has 1 fully saturated rings. The maximum atomic E-state index is 5.14. The van der Waals surface area contributed by atoms with Gasteiger partial charge in [0.1, 0.15) is 5.44 Å². The number of ether oxygens (including phenoxy) is 1. The van der Waals surface area contributed by atoms with Gasteiger partial charge in [0, 0.05) is 5.25 Å². The van der Waals surface area contributed by atoms with Crippen LogP contribution in [-0.2, 0) is 4.74 Å². The molecule has 41 valence electrons. The minimum atomic E-state index is 0.681. The fourth-order valence-electron chi connectivity index (χ4n) is 0.586. The molecule has 1 aliphatic rings. The molecule has 0 spiro atoms. The molecule has 0 bridgehead atoms. The Kier molecular flexibility index (Phi) is 1.60. The van der Waals surface area contributed by atoms with Crippen LogP contribution in [0, 0.1) is 5.44 Å². The number of hydrogen-bond acceptors (Lipinski definition) is 2. The van der Waals surface area contributed by atoms with Crippen molar-refractivity contribution in [3.63, 3.8) is 0 Å². The lowest BCUT2D eigenvalue weighted by Gasteiger charge is -1.92. The summed E-state index contributed by atoms with van der Waals surface area (Å²) in [6.07, 6.45) is 0. The summed E-state index contributed by atoms with van der Waals surface area (Å²) in [6.45, 7) is 5.08. The van der Waals surface area contributed by atoms with E-state index in [9.17, 15) is 0 Å². The highest BCUT2D eigenvalue weighted by Crippen LogP contribution is 2.31. The monoisotopic (exact) mass is 117 g/mol. The zero-order valence-electron chi connectivity index (χ0n) is 4.60. The second-order valence-corrected chi connectivity index (χ2v) is 3.35. The predicted octanol–water partition coefficient (Wildman–Crippen LogP) is 1.65. The van der Waals surface area contributed by atoms with Crippen LogP contribution in [0.4, 0.5) is 0 Å². The first-order chi connectivity index (χ1) is 3.29. The largest absolute Gasteiger partial charge is 0.359 e. The average molecular weight is 117 g/mol. The fraction of sp³-hybridized carbons (Fsp3) is 0.800. The molecule has 1 radical (unpaired) electrons. The topological polar surface area (TPSA) is 9.23 Å². The first-order valence-corrected chi connectivity index (χ1v) is 3.30. The molecule has 0 saturated carbocycles. The maximum Gasteiger partial charge on any atom is 0.149 e. The van der Waals surface area contributed by atoms with Gasteiger partial charge in [0.05, 0.1) is 6.61 Å². The molecule has 1 unspecified atom stereocenters. The predicted molar refractivity (Wildman–Crippen MR) is 31.9 cm³/mol. The number of rotatable bonds is 0. The van der Waals surface area contributed by atoms with Crippen molar-refractivity contribution in [2.75, 3.05) is 6.61 Å². The second kappa shape index (κ2) is 2.05. The molecular weight excluding hydrogens is 108 g/mol. The van der Waals surface area contributed by atoms with E-state index >= 15 is 0 Å². The van der Waals surface area contributed by atoms with Gasteiger partial charge in [-0.3, -0.25) is 0 Å². The van der Waals surface area contributed by atoms with Crippen LogP contribution in [0.25, 0.3) is 0 Å². The van der Waals surface area contributed by atoms with Gasteiger partial charge in [-0.25, -0.2) is 0 Å². The van der Waals surface area contributed by atoms with Gasteiger partial charge in [0.25, 0.3) is 0 Å². The van der Waals surface area contributed by atoms with E-state index in [1.807, 2.05) is 18.7 Å². The third-order valence-corrected chi connectivity index (χ3v) is 1.88. The molecule has 0 aromatic heterocycles. The molecule has 1 aliphatic heterocycles. The minimum absolute atomic E-state index is 0.681. The van der Waals surface area contributed by atoms with E-state index in [0.717, 1.165) is 12.0 Å². The quantitative estimate of drug-likeness (QED) is 0.477. The Morgan fingerprint density at radius 3 is 2.71 bits per heavy atom. The first-order valence-electron chi connectivity index (χ1n) is 2.42. The van der Waals surface area contributed by atoms with Gasteiger partial charge in [0.2, 0.25) is 0 Å². The summed E-state index contributed by atoms with van der Waals surface area (Å²) in [5.74, 6) is 0. The van der Waals surface area contributed by atoms with Crippen LogP contribution in [0.1, 0.15) is 13.8 Å². The van der Waals surface area contributed by atoms with Crippen molar-refractivity contribution in [1.29, 1.82) is 0 Å². The summed E-state index contributed by atoms with van der Waals surface area (Å²) in [7, 11) is 0. The highest BCUT2D eigenvalue weighted by Gasteiger charge is 2.18. The van der Waals surface area contributed by atoms with Crippen molar-refractivity contribution in [2.24, 2.45) is 0 Å². The van der Waals surface area contributed by atoms with E-state index in [2.05, 4.69) is 6.92 Å². The Hall–Kier alpha value is 0.310. The van der Waals surface area contributed by atoms with Gasteiger partial charge >= 0.3 is 0 Å². The number of thioether (sulfide) groups is 1. The van der Waals surface area contributed by atoms with Gasteiger partial charge in [-0.1, -0.05) is 6.92 Å². The Morgan fingerprint density at radius 1 is 1.86 bits per heavy atom. The van der Waals surface area contributed by atoms with Crippen LogP contribution in [0.2, 0.25) is 0 Å². The van der Waals surface area contributed by atoms with E-state index in [4.69, 9.17) is 4.74 Å². The molecule has 7 heavy (non-hydrogen) atoms. The molecule has 0 aromatic rings. The maximum absolute atomic E-state index is 5.14. The molecule has 0 amide bonds. The third-order valence-electron chi connectivity index (χ3n) is 0.888. The highest BCUT2D eigenvalue weighted by molar-refractivity contribution is 8.02. The van der Waals surface area contributed by atoms with Crippen molar-refractivity contribution in [3.8, 4) is 0 Å². The first kappa shape index (κ1) is 5.45. The molecule has 1 nitrogen and oxygen atoms in total. The highest BCUT2D eigenvalue weighted by atomic mass is 32.2. The zero-order valence-corrected chi connectivity index (χ0v) is 5.42. The van der Waals surface area contributed by atoms with Crippen LogP contribution >= 0.6 is 11.8 Å². The van der Waals surface area contributed by atoms with E-state index in [0.29, 0.717) is 5.25 Å². The zero-order chi connectivity index (χ0) is 5.28. The Balaban J connectivity index is 2.26. The summed E-state index contributed by atoms with van der Waals surface area (Å²) in [5.41, 5.74) is 1.12. The Bertz CT molecular complexity index is 57.1. The number of hydrogen-bond donors (Lipinski definition) is 0. The van der Waals surface area contributed by atoms with Gasteiger partial charge in [-0.05, 0) is 6.92 Å². The van der Waals surface area contributed by atoms with E-state index in [1.54, 1.807) is 0 Å². The fourth-order valence-corrected chi connectivity index (χ4v) is 1.42. The van der Waals surface area contributed by atoms with Crippen LogP contribution < -0.4 is 0 Å². The molecule has 1 atom stereocenters. The summed E-state index contributed by atoms with van der Waals surface area (Å²) < 4.78 is 5.14. The normalized spacial score (nSPS) is 34.3. The lowest BCUT2D eigenvalue weighted by molar-refractivity contribution is 0.212.